The van der Waals surface area contributed by atoms with Crippen LogP contribution in [0.15, 0.2) is 58.5 Å². The number of ketones is 1. The highest BCUT2D eigenvalue weighted by molar-refractivity contribution is 7.99. The number of nitrogens with two attached hydrogens (primary N) is 1. The summed E-state index contributed by atoms with van der Waals surface area (Å²) in [6.07, 6.45) is 0. The van der Waals surface area contributed by atoms with Crippen LogP contribution in [0, 0.1) is 0 Å². The van der Waals surface area contributed by atoms with Gasteiger partial charge in [-0.05, 0) is 37.3 Å². The zero-order valence-corrected chi connectivity index (χ0v) is 11.8. The number of rotatable bonds is 3. The lowest BCUT2D eigenvalue weighted by atomic mass is 10.1. The third-order valence-corrected chi connectivity index (χ3v) is 4.06. The van der Waals surface area contributed by atoms with E-state index in [-0.39, 0.29) is 5.78 Å². The largest absolute Gasteiger partial charge is 0.398 e. The molecule has 20 heavy (non-hydrogen) atoms. The third-order valence-electron chi connectivity index (χ3n) is 3.14. The van der Waals surface area contributed by atoms with E-state index in [0.29, 0.717) is 11.3 Å². The van der Waals surface area contributed by atoms with E-state index in [4.69, 9.17) is 5.73 Å². The van der Waals surface area contributed by atoms with Crippen LogP contribution >= 0.6 is 11.8 Å². The van der Waals surface area contributed by atoms with E-state index in [1.165, 1.54) is 12.3 Å². The van der Waals surface area contributed by atoms with Crippen molar-refractivity contribution in [2.45, 2.75) is 16.8 Å². The van der Waals surface area contributed by atoms with E-state index < -0.39 is 0 Å². The van der Waals surface area contributed by atoms with E-state index >= 15 is 0 Å². The van der Waals surface area contributed by atoms with Crippen LogP contribution in [-0.4, -0.2) is 10.8 Å². The molecule has 0 spiro atoms. The predicted octanol–water partition coefficient (Wildman–Crippen LogP) is 4.10. The lowest BCUT2D eigenvalue weighted by Crippen LogP contribution is -1.99. The summed E-state index contributed by atoms with van der Waals surface area (Å²) < 4.78 is 0. The molecule has 100 valence electrons. The Morgan fingerprint density at radius 2 is 1.95 bits per heavy atom. The number of para-hydroxylation sites is 1. The molecule has 0 bridgehead atoms. The van der Waals surface area contributed by atoms with Crippen molar-refractivity contribution in [1.29, 1.82) is 0 Å². The fourth-order valence-corrected chi connectivity index (χ4v) is 3.08. The number of Topliss-reactive ketones (excluding diaryl/α,β-unsaturated/α-hetero) is 1. The second-order valence-corrected chi connectivity index (χ2v) is 5.74. The number of aromatic nitrogens is 1. The summed E-state index contributed by atoms with van der Waals surface area (Å²) in [4.78, 5) is 15.7. The summed E-state index contributed by atoms with van der Waals surface area (Å²) in [5.41, 5.74) is 8.12. The minimum atomic E-state index is -0.00957. The molecule has 0 aliphatic carbocycles. The van der Waals surface area contributed by atoms with Crippen molar-refractivity contribution in [3.63, 3.8) is 0 Å². The zero-order chi connectivity index (χ0) is 14.1. The first kappa shape index (κ1) is 12.8. The average Bonchev–Trinajstić information content (AvgIpc) is 2.80. The standard InChI is InChI=1S/C16H14N2OS/c1-10(19)13-7-6-12(9-14(13)17)20-16-8-11-4-2-3-5-15(11)18-16/h2-9,18H,17H2,1H3. The molecular weight excluding hydrogens is 268 g/mol. The second kappa shape index (κ2) is 5.06. The van der Waals surface area contributed by atoms with Crippen molar-refractivity contribution in [1.82, 2.24) is 4.98 Å². The van der Waals surface area contributed by atoms with Crippen molar-refractivity contribution in [2.24, 2.45) is 0 Å². The number of benzene rings is 2. The van der Waals surface area contributed by atoms with Gasteiger partial charge in [0, 0.05) is 27.0 Å². The maximum atomic E-state index is 11.4. The summed E-state index contributed by atoms with van der Waals surface area (Å²) in [7, 11) is 0. The van der Waals surface area contributed by atoms with Crippen molar-refractivity contribution in [3.8, 4) is 0 Å². The van der Waals surface area contributed by atoms with Gasteiger partial charge in [0.2, 0.25) is 0 Å². The van der Waals surface area contributed by atoms with Gasteiger partial charge in [0.25, 0.3) is 0 Å². The number of carbonyl (C=O) groups excluding carboxylic acids is 1. The van der Waals surface area contributed by atoms with Gasteiger partial charge in [-0.15, -0.1) is 0 Å². The van der Waals surface area contributed by atoms with Gasteiger partial charge in [-0.3, -0.25) is 4.79 Å². The number of carbonyl (C=O) groups is 1. The molecule has 3 N–H and O–H groups in total. The first-order chi connectivity index (χ1) is 9.63. The number of hydrogen-bond donors (Lipinski definition) is 2. The average molecular weight is 282 g/mol. The molecule has 0 saturated carbocycles. The Hall–Kier alpha value is -2.20. The van der Waals surface area contributed by atoms with E-state index in [0.717, 1.165) is 15.4 Å². The summed E-state index contributed by atoms with van der Waals surface area (Å²) in [6.45, 7) is 1.52. The molecule has 0 atom stereocenters. The number of H-pyrrole nitrogens is 1. The molecule has 0 aliphatic rings. The molecule has 2 aromatic carbocycles. The summed E-state index contributed by atoms with van der Waals surface area (Å²) >= 11 is 1.60. The molecule has 3 rings (SSSR count). The fourth-order valence-electron chi connectivity index (χ4n) is 2.15. The molecule has 3 nitrogen and oxygen atoms in total. The number of nitrogens with one attached hydrogen (secondary N) is 1. The van der Waals surface area contributed by atoms with Crippen LogP contribution in [0.2, 0.25) is 0 Å². The van der Waals surface area contributed by atoms with Crippen LogP contribution in [0.4, 0.5) is 5.69 Å². The number of fused-ring (bicyclic) bond motifs is 1. The number of anilines is 1. The first-order valence-electron chi connectivity index (χ1n) is 6.29. The van der Waals surface area contributed by atoms with Gasteiger partial charge in [-0.2, -0.15) is 0 Å². The molecule has 0 radical (unpaired) electrons. The SMILES string of the molecule is CC(=O)c1ccc(Sc2cc3ccccc3[nH]2)cc1N. The van der Waals surface area contributed by atoms with Crippen molar-refractivity contribution in [2.75, 3.05) is 5.73 Å². The fraction of sp³-hybridized carbons (Fsp3) is 0.0625. The quantitative estimate of drug-likeness (QED) is 0.561. The maximum Gasteiger partial charge on any atom is 0.161 e. The maximum absolute atomic E-state index is 11.4. The normalized spacial score (nSPS) is 10.8. The highest BCUT2D eigenvalue weighted by Crippen LogP contribution is 2.31. The lowest BCUT2D eigenvalue weighted by molar-refractivity contribution is 0.101. The first-order valence-corrected chi connectivity index (χ1v) is 7.11. The topological polar surface area (TPSA) is 58.9 Å². The van der Waals surface area contributed by atoms with Crippen molar-refractivity contribution < 1.29 is 4.79 Å². The van der Waals surface area contributed by atoms with Crippen LogP contribution in [0.25, 0.3) is 10.9 Å². The van der Waals surface area contributed by atoms with E-state index in [2.05, 4.69) is 17.1 Å². The smallest absolute Gasteiger partial charge is 0.161 e. The molecule has 0 fully saturated rings. The number of nitrogen functional groups attached to an aromatic ring is 1. The second-order valence-electron chi connectivity index (χ2n) is 4.63. The Balaban J connectivity index is 1.90. The molecule has 0 saturated heterocycles. The van der Waals surface area contributed by atoms with Crippen LogP contribution in [0.3, 0.4) is 0 Å². The summed E-state index contributed by atoms with van der Waals surface area (Å²) in [5.74, 6) is -0.00957. The third kappa shape index (κ3) is 2.42. The number of aromatic amines is 1. The van der Waals surface area contributed by atoms with Gasteiger partial charge >= 0.3 is 0 Å². The molecule has 0 aliphatic heterocycles. The Bertz CT molecular complexity index is 759. The molecule has 0 amide bonds. The van der Waals surface area contributed by atoms with E-state index in [9.17, 15) is 4.79 Å². The predicted molar refractivity (Wildman–Crippen MR) is 83.3 cm³/mol. The molecule has 0 unspecified atom stereocenters. The Morgan fingerprint density at radius 3 is 2.65 bits per heavy atom. The molecule has 1 aromatic heterocycles. The highest BCUT2D eigenvalue weighted by Gasteiger charge is 2.07. The van der Waals surface area contributed by atoms with Gasteiger partial charge in [-0.1, -0.05) is 30.0 Å². The van der Waals surface area contributed by atoms with Gasteiger partial charge in [0.1, 0.15) is 0 Å². The van der Waals surface area contributed by atoms with Gasteiger partial charge < -0.3 is 10.7 Å². The van der Waals surface area contributed by atoms with E-state index in [1.54, 1.807) is 17.8 Å². The van der Waals surface area contributed by atoms with Crippen molar-refractivity contribution in [3.05, 3.63) is 54.1 Å². The van der Waals surface area contributed by atoms with Crippen LogP contribution in [0.5, 0.6) is 0 Å². The Morgan fingerprint density at radius 1 is 1.15 bits per heavy atom. The molecule has 1 heterocycles. The minimum Gasteiger partial charge on any atom is -0.398 e. The van der Waals surface area contributed by atoms with Gasteiger partial charge in [0.05, 0.1) is 5.03 Å². The van der Waals surface area contributed by atoms with Gasteiger partial charge in [0.15, 0.2) is 5.78 Å². The highest BCUT2D eigenvalue weighted by atomic mass is 32.2. The molecule has 4 heteroatoms. The zero-order valence-electron chi connectivity index (χ0n) is 11.0. The Kier molecular flexibility index (Phi) is 3.24. The van der Waals surface area contributed by atoms with Crippen LogP contribution < -0.4 is 5.73 Å². The van der Waals surface area contributed by atoms with E-state index in [1.807, 2.05) is 30.3 Å². The van der Waals surface area contributed by atoms with Crippen molar-refractivity contribution >= 4 is 34.1 Å². The molecule has 3 aromatic rings. The van der Waals surface area contributed by atoms with Gasteiger partial charge in [-0.25, -0.2) is 0 Å². The van der Waals surface area contributed by atoms with Crippen LogP contribution in [0.1, 0.15) is 17.3 Å². The monoisotopic (exact) mass is 282 g/mol. The number of hydrogen-bond acceptors (Lipinski definition) is 3. The summed E-state index contributed by atoms with van der Waals surface area (Å²) in [6, 6.07) is 15.8. The van der Waals surface area contributed by atoms with Crippen LogP contribution in [-0.2, 0) is 0 Å². The Labute approximate surface area is 121 Å². The molecular formula is C16H14N2OS. The lowest BCUT2D eigenvalue weighted by Gasteiger charge is -2.04. The summed E-state index contributed by atoms with van der Waals surface area (Å²) in [5, 5.41) is 2.24. The minimum absolute atomic E-state index is 0.00957.